The van der Waals surface area contributed by atoms with Gasteiger partial charge in [0.05, 0.1) is 0 Å². The summed E-state index contributed by atoms with van der Waals surface area (Å²) in [4.78, 5) is 0. The van der Waals surface area contributed by atoms with Crippen LogP contribution in [0.3, 0.4) is 0 Å². The fourth-order valence-electron chi connectivity index (χ4n) is 1.29. The van der Waals surface area contributed by atoms with Crippen LogP contribution in [0.15, 0.2) is 64.8 Å². The number of azo groups is 1. The Balaban J connectivity index is 0.00000162. The van der Waals surface area contributed by atoms with Gasteiger partial charge in [0.15, 0.2) is 0 Å². The van der Waals surface area contributed by atoms with Gasteiger partial charge in [-0.15, -0.1) is 0 Å². The van der Waals surface area contributed by atoms with Crippen molar-refractivity contribution in [3.63, 3.8) is 0 Å². The third-order valence-electron chi connectivity index (χ3n) is 2.07. The summed E-state index contributed by atoms with van der Waals surface area (Å²) in [6.07, 6.45) is 0. The van der Waals surface area contributed by atoms with Gasteiger partial charge in [0.1, 0.15) is 0 Å². The number of benzene rings is 2. The first-order valence-corrected chi connectivity index (χ1v) is 7.99. The van der Waals surface area contributed by atoms with Crippen LogP contribution in [0.4, 0.5) is 11.4 Å². The monoisotopic (exact) mass is 366 g/mol. The van der Waals surface area contributed by atoms with Crippen molar-refractivity contribution in [2.24, 2.45) is 10.2 Å². The number of hydrogen-bond acceptors (Lipinski definition) is 4. The van der Waals surface area contributed by atoms with Crippen LogP contribution >= 0.6 is 0 Å². The second-order valence-electron chi connectivity index (χ2n) is 3.24. The van der Waals surface area contributed by atoms with Crippen LogP contribution in [0.5, 0.6) is 0 Å². The van der Waals surface area contributed by atoms with Crippen molar-refractivity contribution in [3.8, 4) is 0 Å². The van der Waals surface area contributed by atoms with Gasteiger partial charge in [0.2, 0.25) is 0 Å². The molecular formula is C12H9N2NaO2Te. The summed E-state index contributed by atoms with van der Waals surface area (Å²) in [5, 5.41) is 7.96. The molecule has 0 fully saturated rings. The normalized spacial score (nSPS) is 10.6. The van der Waals surface area contributed by atoms with Crippen LogP contribution in [0.2, 0.25) is 0 Å². The van der Waals surface area contributed by atoms with E-state index in [0.717, 1.165) is 0 Å². The Morgan fingerprint density at radius 3 is 2.17 bits per heavy atom. The van der Waals surface area contributed by atoms with Crippen LogP contribution in [0.1, 0.15) is 0 Å². The van der Waals surface area contributed by atoms with Gasteiger partial charge < -0.3 is 0 Å². The summed E-state index contributed by atoms with van der Waals surface area (Å²) in [6, 6.07) is 15.8. The van der Waals surface area contributed by atoms with Crippen LogP contribution < -0.4 is 36.6 Å². The molecule has 0 N–H and O–H groups in total. The minimum atomic E-state index is -3.64. The van der Waals surface area contributed by atoms with Gasteiger partial charge in [-0.05, 0) is 0 Å². The fraction of sp³-hybridized carbons (Fsp3) is 0. The Hall–Kier alpha value is -0.410. The molecule has 0 amide bonds. The molecule has 2 rings (SSSR count). The van der Waals surface area contributed by atoms with Crippen molar-refractivity contribution >= 4 is 34.9 Å². The van der Waals surface area contributed by atoms with E-state index < -0.39 is 19.9 Å². The van der Waals surface area contributed by atoms with Crippen molar-refractivity contribution in [3.05, 3.63) is 54.6 Å². The van der Waals surface area contributed by atoms with E-state index >= 15 is 0 Å². The average Bonchev–Trinajstić information content (AvgIpc) is 2.38. The molecule has 0 aromatic heterocycles. The standard InChI is InChI=1S/C12H10N2O2Te.Na/c15-17(16)12-9-5-4-8-11(12)14-13-10-6-2-1-3-7-10;/h1-9H,(H,15,16);/q;+1/p-1. The van der Waals surface area contributed by atoms with Gasteiger partial charge in [-0.1, -0.05) is 0 Å². The zero-order valence-corrected chi connectivity index (χ0v) is 14.1. The predicted octanol–water partition coefficient (Wildman–Crippen LogP) is -1.41. The van der Waals surface area contributed by atoms with Crippen molar-refractivity contribution in [1.82, 2.24) is 0 Å². The molecule has 0 aliphatic heterocycles. The molecule has 0 radical (unpaired) electrons. The van der Waals surface area contributed by atoms with Crippen molar-refractivity contribution in [2.45, 2.75) is 0 Å². The Morgan fingerprint density at radius 1 is 0.889 bits per heavy atom. The fourth-order valence-corrected chi connectivity index (χ4v) is 2.63. The Kier molecular flexibility index (Phi) is 6.87. The molecule has 0 saturated heterocycles. The minimum Gasteiger partial charge on any atom is 1.00 e. The molecule has 0 unspecified atom stereocenters. The number of nitrogens with zero attached hydrogens (tertiary/aromatic N) is 2. The zero-order valence-electron chi connectivity index (χ0n) is 9.82. The summed E-state index contributed by atoms with van der Waals surface area (Å²) >= 11 is -3.64. The van der Waals surface area contributed by atoms with Crippen LogP contribution in [0, 0.1) is 0 Å². The zero-order chi connectivity index (χ0) is 12.1. The predicted molar refractivity (Wildman–Crippen MR) is 63.1 cm³/mol. The molecule has 6 heteroatoms. The molecule has 0 bridgehead atoms. The maximum Gasteiger partial charge on any atom is 1.00 e. The molecule has 0 aliphatic rings. The third kappa shape index (κ3) is 4.36. The molecule has 2 aromatic carbocycles. The van der Waals surface area contributed by atoms with E-state index in [-0.39, 0.29) is 33.2 Å². The van der Waals surface area contributed by atoms with Gasteiger partial charge in [0.25, 0.3) is 0 Å². The van der Waals surface area contributed by atoms with E-state index in [1.165, 1.54) is 0 Å². The Labute approximate surface area is 135 Å². The van der Waals surface area contributed by atoms with Crippen molar-refractivity contribution in [2.75, 3.05) is 0 Å². The third-order valence-corrected chi connectivity index (χ3v) is 4.08. The second kappa shape index (κ2) is 7.90. The van der Waals surface area contributed by atoms with Gasteiger partial charge in [-0.3, -0.25) is 0 Å². The number of hydrogen-bond donors (Lipinski definition) is 0. The van der Waals surface area contributed by atoms with Gasteiger partial charge >= 0.3 is 136 Å². The average molecular weight is 364 g/mol. The molecule has 4 nitrogen and oxygen atoms in total. The van der Waals surface area contributed by atoms with Crippen LogP contribution in [-0.2, 0) is 3.10 Å². The molecule has 0 spiro atoms. The minimum absolute atomic E-state index is 0. The molecular weight excluding hydrogens is 355 g/mol. The van der Waals surface area contributed by atoms with Crippen LogP contribution in [-0.4, -0.2) is 19.9 Å². The Bertz CT molecular complexity index is 561. The molecule has 86 valence electrons. The van der Waals surface area contributed by atoms with Gasteiger partial charge in [0, 0.05) is 0 Å². The molecule has 0 heterocycles. The van der Waals surface area contributed by atoms with E-state index in [9.17, 15) is 6.58 Å². The summed E-state index contributed by atoms with van der Waals surface area (Å²) < 4.78 is 22.4. The Morgan fingerprint density at radius 2 is 1.50 bits per heavy atom. The van der Waals surface area contributed by atoms with E-state index in [1.807, 2.05) is 18.2 Å². The largest absolute Gasteiger partial charge is 1.00 e. The van der Waals surface area contributed by atoms with Gasteiger partial charge in [-0.25, -0.2) is 0 Å². The smallest absolute Gasteiger partial charge is 1.00 e. The molecule has 2 aromatic rings. The first kappa shape index (κ1) is 15.6. The molecule has 0 atom stereocenters. The summed E-state index contributed by atoms with van der Waals surface area (Å²) in [6.45, 7) is 0. The first-order valence-electron chi connectivity index (χ1n) is 4.92. The SMILES string of the molecule is O=[Te]([O-])c1ccccc1N=Nc1ccccc1.[Na+]. The first-order chi connectivity index (χ1) is 8.27. The topological polar surface area (TPSA) is 64.8 Å². The van der Waals surface area contributed by atoms with Crippen molar-refractivity contribution in [1.29, 1.82) is 0 Å². The summed E-state index contributed by atoms with van der Waals surface area (Å²) in [7, 11) is 0. The van der Waals surface area contributed by atoms with Crippen LogP contribution in [0.25, 0.3) is 0 Å². The van der Waals surface area contributed by atoms with Crippen molar-refractivity contribution < 1.29 is 36.1 Å². The van der Waals surface area contributed by atoms with Gasteiger partial charge in [-0.2, -0.15) is 0 Å². The van der Waals surface area contributed by atoms with E-state index in [4.69, 9.17) is 0 Å². The second-order valence-corrected chi connectivity index (χ2v) is 5.83. The summed E-state index contributed by atoms with van der Waals surface area (Å²) in [5.41, 5.74) is 1.10. The summed E-state index contributed by atoms with van der Waals surface area (Å²) in [5.74, 6) is 0. The maximum absolute atomic E-state index is 11.1. The molecule has 0 saturated carbocycles. The maximum atomic E-state index is 11.1. The molecule has 0 aliphatic carbocycles. The number of rotatable bonds is 3. The molecule has 18 heavy (non-hydrogen) atoms. The quantitative estimate of drug-likeness (QED) is 0.497. The van der Waals surface area contributed by atoms with E-state index in [0.29, 0.717) is 11.4 Å². The van der Waals surface area contributed by atoms with E-state index in [2.05, 4.69) is 10.2 Å². The van der Waals surface area contributed by atoms with E-state index in [1.54, 1.807) is 36.4 Å².